The third-order valence-electron chi connectivity index (χ3n) is 2.78. The van der Waals surface area contributed by atoms with E-state index in [9.17, 15) is 9.18 Å². The maximum absolute atomic E-state index is 15.0. The Labute approximate surface area is 122 Å². The second-order valence-corrected chi connectivity index (χ2v) is 4.39. The van der Waals surface area contributed by atoms with Gasteiger partial charge in [0.05, 0.1) is 19.8 Å². The summed E-state index contributed by atoms with van der Waals surface area (Å²) < 4.78 is 24.7. The summed E-state index contributed by atoms with van der Waals surface area (Å²) in [4.78, 5) is 18.8. The van der Waals surface area contributed by atoms with Gasteiger partial charge in [0.1, 0.15) is 6.07 Å². The fraction of sp³-hybridized carbons (Fsp3) is 0.750. The van der Waals surface area contributed by atoms with Crippen molar-refractivity contribution in [1.29, 1.82) is 5.26 Å². The molecule has 0 bridgehead atoms. The zero-order valence-electron chi connectivity index (χ0n) is 12.3. The van der Waals surface area contributed by atoms with Gasteiger partial charge in [0.25, 0.3) is 5.71 Å². The van der Waals surface area contributed by atoms with Gasteiger partial charge in [-0.2, -0.15) is 9.65 Å². The first-order valence-corrected chi connectivity index (χ1v) is 6.48. The zero-order chi connectivity index (χ0) is 15.9. The number of ether oxygens (including phenoxy) is 2. The summed E-state index contributed by atoms with van der Waals surface area (Å²) in [6.45, 7) is 2.97. The van der Waals surface area contributed by atoms with Crippen molar-refractivity contribution in [3.8, 4) is 6.07 Å². The van der Waals surface area contributed by atoms with Crippen molar-refractivity contribution in [3.63, 3.8) is 0 Å². The topological polar surface area (TPSA) is 87.4 Å². The number of nitriles is 1. The summed E-state index contributed by atoms with van der Waals surface area (Å²) >= 11 is 0. The van der Waals surface area contributed by atoms with Crippen LogP contribution in [0.5, 0.6) is 0 Å². The summed E-state index contributed by atoms with van der Waals surface area (Å²) in [5.74, 6) is -0.955. The Morgan fingerprint density at radius 2 is 2.14 bits per heavy atom. The first kappa shape index (κ1) is 17.3. The van der Waals surface area contributed by atoms with Gasteiger partial charge < -0.3 is 14.3 Å². The van der Waals surface area contributed by atoms with E-state index in [-0.39, 0.29) is 6.61 Å². The van der Waals surface area contributed by atoms with Crippen molar-refractivity contribution < 1.29 is 23.5 Å². The summed E-state index contributed by atoms with van der Waals surface area (Å²) in [5, 5.41) is 12.1. The van der Waals surface area contributed by atoms with Crippen LogP contribution in [-0.2, 0) is 19.1 Å². The Morgan fingerprint density at radius 3 is 2.62 bits per heavy atom. The van der Waals surface area contributed by atoms with Gasteiger partial charge in [-0.15, -0.1) is 0 Å². The van der Waals surface area contributed by atoms with Crippen LogP contribution in [0.15, 0.2) is 5.16 Å². The molecule has 0 aromatic rings. The van der Waals surface area contributed by atoms with Gasteiger partial charge in [0.2, 0.25) is 0 Å². The highest BCUT2D eigenvalue weighted by Crippen LogP contribution is 2.23. The summed E-state index contributed by atoms with van der Waals surface area (Å²) in [5.41, 5.74) is -0.644. The Hall–Kier alpha value is -1.76. The highest BCUT2D eigenvalue weighted by atomic mass is 19.2. The fourth-order valence-corrected chi connectivity index (χ4v) is 1.67. The van der Waals surface area contributed by atoms with E-state index in [1.54, 1.807) is 6.92 Å². The average molecular weight is 302 g/mol. The monoisotopic (exact) mass is 302 g/mol. The molecule has 118 valence electrons. The number of carbonyl (C=O) groups is 1. The number of alkyl halides is 1. The van der Waals surface area contributed by atoms with E-state index in [1.807, 2.05) is 0 Å². The minimum atomic E-state index is -2.38. The molecule has 1 aliphatic heterocycles. The van der Waals surface area contributed by atoms with Crippen molar-refractivity contribution >= 4 is 11.7 Å². The highest BCUT2D eigenvalue weighted by Gasteiger charge is 2.44. The van der Waals surface area contributed by atoms with Crippen LogP contribution < -0.4 is 0 Å². The maximum Gasteiger partial charge on any atom is 0.398 e. The number of hydrogen-bond acceptors (Lipinski definition) is 8. The molecule has 1 rings (SSSR count). The Morgan fingerprint density at radius 1 is 1.52 bits per heavy atom. The van der Waals surface area contributed by atoms with E-state index in [0.29, 0.717) is 26.3 Å². The van der Waals surface area contributed by atoms with Crippen molar-refractivity contribution in [2.24, 2.45) is 5.16 Å². The Bertz CT molecular complexity index is 431. The van der Waals surface area contributed by atoms with E-state index in [2.05, 4.69) is 9.89 Å². The van der Waals surface area contributed by atoms with Crippen LogP contribution in [0.1, 0.15) is 6.92 Å². The SMILES string of the molecule is CCOC(=O)C(C#N)=NOC(F)(N(C)C)N1CCOCC1. The van der Waals surface area contributed by atoms with Crippen LogP contribution in [0, 0.1) is 11.3 Å². The molecule has 0 aliphatic carbocycles. The van der Waals surface area contributed by atoms with Crippen LogP contribution >= 0.6 is 0 Å². The third kappa shape index (κ3) is 4.35. The normalized spacial score (nSPS) is 19.7. The van der Waals surface area contributed by atoms with Crippen LogP contribution in [0.25, 0.3) is 0 Å². The maximum atomic E-state index is 15.0. The number of carbonyl (C=O) groups excluding carboxylic acids is 1. The molecule has 0 radical (unpaired) electrons. The first-order chi connectivity index (χ1) is 9.95. The molecule has 8 nitrogen and oxygen atoms in total. The second kappa shape index (κ2) is 7.87. The van der Waals surface area contributed by atoms with Crippen LogP contribution in [0.2, 0.25) is 0 Å². The largest absolute Gasteiger partial charge is 0.461 e. The smallest absolute Gasteiger partial charge is 0.398 e. The number of nitrogens with zero attached hydrogens (tertiary/aromatic N) is 4. The predicted molar refractivity (Wildman–Crippen MR) is 70.7 cm³/mol. The van der Waals surface area contributed by atoms with E-state index >= 15 is 0 Å². The summed E-state index contributed by atoms with van der Waals surface area (Å²) in [6.07, 6.45) is -2.38. The Balaban J connectivity index is 2.86. The van der Waals surface area contributed by atoms with E-state index in [1.165, 1.54) is 25.1 Å². The average Bonchev–Trinajstić information content (AvgIpc) is 2.48. The number of halogens is 1. The molecular weight excluding hydrogens is 283 g/mol. The highest BCUT2D eigenvalue weighted by molar-refractivity contribution is 6.42. The summed E-state index contributed by atoms with van der Waals surface area (Å²) in [7, 11) is 2.92. The standard InChI is InChI=1S/C12H19FN4O4/c1-4-20-11(18)10(9-14)15-21-12(13,16(2)3)17-5-7-19-8-6-17/h4-8H2,1-3H3. The van der Waals surface area contributed by atoms with Gasteiger partial charge in [0.15, 0.2) is 0 Å². The molecule has 1 fully saturated rings. The zero-order valence-corrected chi connectivity index (χ0v) is 12.3. The molecule has 21 heavy (non-hydrogen) atoms. The van der Waals surface area contributed by atoms with Crippen LogP contribution in [0.4, 0.5) is 4.39 Å². The van der Waals surface area contributed by atoms with Crippen LogP contribution in [-0.4, -0.2) is 74.6 Å². The van der Waals surface area contributed by atoms with Gasteiger partial charge in [0, 0.05) is 13.1 Å². The van der Waals surface area contributed by atoms with Gasteiger partial charge in [-0.3, -0.25) is 0 Å². The van der Waals surface area contributed by atoms with E-state index < -0.39 is 17.8 Å². The lowest BCUT2D eigenvalue weighted by molar-refractivity contribution is -0.326. The van der Waals surface area contributed by atoms with Gasteiger partial charge in [-0.25, -0.2) is 14.6 Å². The predicted octanol–water partition coefficient (Wildman–Crippen LogP) is -0.0797. The van der Waals surface area contributed by atoms with Gasteiger partial charge in [-0.05, 0) is 21.0 Å². The molecule has 0 N–H and O–H groups in total. The first-order valence-electron chi connectivity index (χ1n) is 6.48. The molecule has 1 heterocycles. The molecule has 0 amide bonds. The Kier molecular flexibility index (Phi) is 6.48. The van der Waals surface area contributed by atoms with Crippen molar-refractivity contribution in [1.82, 2.24) is 9.80 Å². The molecular formula is C12H19FN4O4. The molecule has 1 atom stereocenters. The summed E-state index contributed by atoms with van der Waals surface area (Å²) in [6, 6.07) is 1.52. The molecule has 1 aliphatic rings. The number of hydrogen-bond donors (Lipinski definition) is 0. The lowest BCUT2D eigenvalue weighted by Gasteiger charge is -2.40. The van der Waals surface area contributed by atoms with Crippen molar-refractivity contribution in [3.05, 3.63) is 0 Å². The number of oxime groups is 1. The van der Waals surface area contributed by atoms with Gasteiger partial charge in [-0.1, -0.05) is 5.16 Å². The van der Waals surface area contributed by atoms with Gasteiger partial charge >= 0.3 is 12.1 Å². The second-order valence-electron chi connectivity index (χ2n) is 4.39. The fourth-order valence-electron chi connectivity index (χ4n) is 1.67. The number of morpholine rings is 1. The molecule has 0 aromatic heterocycles. The quantitative estimate of drug-likeness (QED) is 0.223. The molecule has 0 spiro atoms. The van der Waals surface area contributed by atoms with E-state index in [0.717, 1.165) is 4.90 Å². The molecule has 0 aromatic carbocycles. The molecule has 1 saturated heterocycles. The number of rotatable bonds is 6. The number of esters is 1. The lowest BCUT2D eigenvalue weighted by atomic mass is 10.4. The molecule has 9 heteroatoms. The minimum absolute atomic E-state index is 0.0808. The van der Waals surface area contributed by atoms with E-state index in [4.69, 9.17) is 14.8 Å². The minimum Gasteiger partial charge on any atom is -0.461 e. The third-order valence-corrected chi connectivity index (χ3v) is 2.78. The lowest BCUT2D eigenvalue weighted by Crippen LogP contribution is -2.59. The van der Waals surface area contributed by atoms with Crippen LogP contribution in [0.3, 0.4) is 0 Å². The molecule has 1 unspecified atom stereocenters. The van der Waals surface area contributed by atoms with Crippen molar-refractivity contribution in [2.75, 3.05) is 47.0 Å². The van der Waals surface area contributed by atoms with Crippen molar-refractivity contribution in [2.45, 2.75) is 13.0 Å². The molecule has 0 saturated carbocycles.